The first-order valence-corrected chi connectivity index (χ1v) is 4.24. The number of nitrogen functional groups attached to an aromatic ring is 1. The lowest BCUT2D eigenvalue weighted by molar-refractivity contribution is 1.05. The third-order valence-corrected chi connectivity index (χ3v) is 1.85. The van der Waals surface area contributed by atoms with E-state index in [0.29, 0.717) is 17.1 Å². The molecule has 0 aromatic carbocycles. The highest BCUT2D eigenvalue weighted by Crippen LogP contribution is 2.16. The average molecular weight is 197 g/mol. The molecule has 0 fully saturated rings. The van der Waals surface area contributed by atoms with Crippen LogP contribution in [0.15, 0.2) is 30.6 Å². The van der Waals surface area contributed by atoms with Gasteiger partial charge in [0.1, 0.15) is 11.9 Å². The largest absolute Gasteiger partial charge is 0.382 e. The number of nitriles is 1. The van der Waals surface area contributed by atoms with Crippen LogP contribution in [0.2, 0.25) is 0 Å². The van der Waals surface area contributed by atoms with Crippen molar-refractivity contribution >= 4 is 5.82 Å². The molecule has 0 atom stereocenters. The first-order valence-electron chi connectivity index (χ1n) is 4.24. The van der Waals surface area contributed by atoms with Gasteiger partial charge in [0.25, 0.3) is 0 Å². The SMILES string of the molecule is N#Cc1cncc(-c2ccc(N)nn2)c1. The Bertz CT molecular complexity index is 512. The summed E-state index contributed by atoms with van der Waals surface area (Å²) < 4.78 is 0. The predicted octanol–water partition coefficient (Wildman–Crippen LogP) is 0.992. The molecule has 2 heterocycles. The number of nitrogens with two attached hydrogens (primary N) is 1. The number of rotatable bonds is 1. The number of anilines is 1. The summed E-state index contributed by atoms with van der Waals surface area (Å²) in [6, 6.07) is 7.11. The van der Waals surface area contributed by atoms with Gasteiger partial charge in [0.15, 0.2) is 0 Å². The first kappa shape index (κ1) is 9.09. The molecule has 0 saturated heterocycles. The molecule has 0 aliphatic carbocycles. The molecule has 5 heteroatoms. The maximum Gasteiger partial charge on any atom is 0.146 e. The molecule has 0 aliphatic heterocycles. The summed E-state index contributed by atoms with van der Waals surface area (Å²) in [5.74, 6) is 0.364. The van der Waals surface area contributed by atoms with Crippen LogP contribution < -0.4 is 5.73 Å². The number of aromatic nitrogens is 3. The summed E-state index contributed by atoms with van der Waals surface area (Å²) in [6.45, 7) is 0. The van der Waals surface area contributed by atoms with E-state index in [2.05, 4.69) is 15.2 Å². The van der Waals surface area contributed by atoms with Gasteiger partial charge in [0, 0.05) is 18.0 Å². The van der Waals surface area contributed by atoms with Gasteiger partial charge in [-0.3, -0.25) is 4.98 Å². The molecule has 2 aromatic rings. The summed E-state index contributed by atoms with van der Waals surface area (Å²) in [5, 5.41) is 16.3. The number of hydrogen-bond acceptors (Lipinski definition) is 5. The Morgan fingerprint density at radius 1 is 1.20 bits per heavy atom. The van der Waals surface area contributed by atoms with E-state index < -0.39 is 0 Å². The Kier molecular flexibility index (Phi) is 2.25. The zero-order chi connectivity index (χ0) is 10.7. The molecular formula is C10H7N5. The minimum atomic E-state index is 0.364. The highest BCUT2D eigenvalue weighted by Gasteiger charge is 2.01. The van der Waals surface area contributed by atoms with Gasteiger partial charge in [-0.15, -0.1) is 10.2 Å². The van der Waals surface area contributed by atoms with Crippen molar-refractivity contribution in [2.75, 3.05) is 5.73 Å². The quantitative estimate of drug-likeness (QED) is 0.736. The Morgan fingerprint density at radius 2 is 2.07 bits per heavy atom. The van der Waals surface area contributed by atoms with Gasteiger partial charge in [-0.2, -0.15) is 5.26 Å². The normalized spacial score (nSPS) is 9.53. The highest BCUT2D eigenvalue weighted by atomic mass is 15.1. The van der Waals surface area contributed by atoms with Crippen molar-refractivity contribution in [3.63, 3.8) is 0 Å². The molecule has 0 saturated carbocycles. The molecule has 0 aliphatic rings. The Labute approximate surface area is 86.2 Å². The topological polar surface area (TPSA) is 88.5 Å². The van der Waals surface area contributed by atoms with Crippen LogP contribution in [0, 0.1) is 11.3 Å². The standard InChI is InChI=1S/C10H7N5/c11-4-7-3-8(6-13-5-7)9-1-2-10(12)15-14-9/h1-3,5-6H,(H2,12,15). The lowest BCUT2D eigenvalue weighted by Crippen LogP contribution is -1.94. The van der Waals surface area contributed by atoms with E-state index in [1.165, 1.54) is 6.20 Å². The zero-order valence-corrected chi connectivity index (χ0v) is 7.75. The van der Waals surface area contributed by atoms with E-state index in [9.17, 15) is 0 Å². The van der Waals surface area contributed by atoms with Gasteiger partial charge in [-0.25, -0.2) is 0 Å². The fourth-order valence-electron chi connectivity index (χ4n) is 1.14. The number of nitrogens with zero attached hydrogens (tertiary/aromatic N) is 4. The van der Waals surface area contributed by atoms with Crippen molar-refractivity contribution in [3.8, 4) is 17.3 Å². The molecular weight excluding hydrogens is 190 g/mol. The van der Waals surface area contributed by atoms with Crippen LogP contribution in [0.1, 0.15) is 5.56 Å². The van der Waals surface area contributed by atoms with Gasteiger partial charge in [0.2, 0.25) is 0 Å². The maximum absolute atomic E-state index is 8.71. The van der Waals surface area contributed by atoms with Crippen LogP contribution in [0.3, 0.4) is 0 Å². The second-order valence-corrected chi connectivity index (χ2v) is 2.92. The second-order valence-electron chi connectivity index (χ2n) is 2.92. The Balaban J connectivity index is 2.46. The molecule has 72 valence electrons. The summed E-state index contributed by atoms with van der Waals surface area (Å²) in [6.07, 6.45) is 3.12. The van der Waals surface area contributed by atoms with E-state index in [-0.39, 0.29) is 0 Å². The highest BCUT2D eigenvalue weighted by molar-refractivity contribution is 5.59. The molecule has 0 unspecified atom stereocenters. The molecule has 0 amide bonds. The van der Waals surface area contributed by atoms with Gasteiger partial charge < -0.3 is 5.73 Å². The third-order valence-electron chi connectivity index (χ3n) is 1.85. The van der Waals surface area contributed by atoms with Crippen molar-refractivity contribution in [1.29, 1.82) is 5.26 Å². The van der Waals surface area contributed by atoms with Crippen LogP contribution in [0.25, 0.3) is 11.3 Å². The Hall–Kier alpha value is -2.48. The summed E-state index contributed by atoms with van der Waals surface area (Å²) in [7, 11) is 0. The van der Waals surface area contributed by atoms with Gasteiger partial charge in [0.05, 0.1) is 11.3 Å². The monoisotopic (exact) mass is 197 g/mol. The third kappa shape index (κ3) is 1.89. The van der Waals surface area contributed by atoms with Crippen LogP contribution in [-0.4, -0.2) is 15.2 Å². The number of pyridine rings is 1. The summed E-state index contributed by atoms with van der Waals surface area (Å²) in [5.41, 5.74) is 7.31. The van der Waals surface area contributed by atoms with E-state index in [4.69, 9.17) is 11.0 Å². The minimum absolute atomic E-state index is 0.364. The average Bonchev–Trinajstić information content (AvgIpc) is 2.30. The summed E-state index contributed by atoms with van der Waals surface area (Å²) >= 11 is 0. The fraction of sp³-hybridized carbons (Fsp3) is 0. The first-order chi connectivity index (χ1) is 7.29. The van der Waals surface area contributed by atoms with Crippen molar-refractivity contribution in [2.45, 2.75) is 0 Å². The summed E-state index contributed by atoms with van der Waals surface area (Å²) in [4.78, 5) is 3.93. The lowest BCUT2D eigenvalue weighted by Gasteiger charge is -1.99. The zero-order valence-electron chi connectivity index (χ0n) is 7.75. The van der Waals surface area contributed by atoms with Gasteiger partial charge >= 0.3 is 0 Å². The second kappa shape index (κ2) is 3.72. The fourth-order valence-corrected chi connectivity index (χ4v) is 1.14. The molecule has 0 bridgehead atoms. The van der Waals surface area contributed by atoms with Crippen LogP contribution in [-0.2, 0) is 0 Å². The van der Waals surface area contributed by atoms with E-state index in [1.807, 2.05) is 6.07 Å². The molecule has 2 rings (SSSR count). The van der Waals surface area contributed by atoms with Crippen LogP contribution in [0.4, 0.5) is 5.82 Å². The van der Waals surface area contributed by atoms with Crippen molar-refractivity contribution in [3.05, 3.63) is 36.2 Å². The molecule has 0 radical (unpaired) electrons. The van der Waals surface area contributed by atoms with Gasteiger partial charge in [-0.05, 0) is 18.2 Å². The molecule has 0 spiro atoms. The molecule has 15 heavy (non-hydrogen) atoms. The molecule has 2 N–H and O–H groups in total. The van der Waals surface area contributed by atoms with Crippen molar-refractivity contribution in [2.24, 2.45) is 0 Å². The molecule has 2 aromatic heterocycles. The van der Waals surface area contributed by atoms with Gasteiger partial charge in [-0.1, -0.05) is 0 Å². The van der Waals surface area contributed by atoms with E-state index in [0.717, 1.165) is 5.56 Å². The lowest BCUT2D eigenvalue weighted by atomic mass is 10.1. The van der Waals surface area contributed by atoms with E-state index >= 15 is 0 Å². The number of hydrogen-bond donors (Lipinski definition) is 1. The Morgan fingerprint density at radius 3 is 2.73 bits per heavy atom. The molecule has 5 nitrogen and oxygen atoms in total. The van der Waals surface area contributed by atoms with Crippen LogP contribution >= 0.6 is 0 Å². The smallest absolute Gasteiger partial charge is 0.146 e. The van der Waals surface area contributed by atoms with Crippen LogP contribution in [0.5, 0.6) is 0 Å². The maximum atomic E-state index is 8.71. The van der Waals surface area contributed by atoms with E-state index in [1.54, 1.807) is 24.4 Å². The van der Waals surface area contributed by atoms with Crippen molar-refractivity contribution < 1.29 is 0 Å². The minimum Gasteiger partial charge on any atom is -0.382 e. The van der Waals surface area contributed by atoms with Crippen molar-refractivity contribution in [1.82, 2.24) is 15.2 Å². The predicted molar refractivity (Wildman–Crippen MR) is 54.4 cm³/mol.